The van der Waals surface area contributed by atoms with Crippen LogP contribution in [0.15, 0.2) is 23.1 Å². The highest BCUT2D eigenvalue weighted by atomic mass is 35.5. The van der Waals surface area contributed by atoms with Gasteiger partial charge in [0.05, 0.1) is 16.9 Å². The Morgan fingerprint density at radius 2 is 2.10 bits per heavy atom. The second kappa shape index (κ2) is 6.87. The highest BCUT2D eigenvalue weighted by Gasteiger charge is 2.38. The molecule has 2 rings (SSSR count). The number of nitrogens with zero attached hydrogens (tertiary/aromatic N) is 1. The van der Waals surface area contributed by atoms with Gasteiger partial charge in [0.15, 0.2) is 0 Å². The second-order valence-electron chi connectivity index (χ2n) is 4.65. The van der Waals surface area contributed by atoms with Crippen LogP contribution in [-0.2, 0) is 9.59 Å². The van der Waals surface area contributed by atoms with Gasteiger partial charge < -0.3 is 15.1 Å². The zero-order valence-corrected chi connectivity index (χ0v) is 13.2. The molecule has 0 aliphatic carbocycles. The van der Waals surface area contributed by atoms with Gasteiger partial charge in [-0.3, -0.25) is 4.79 Å². The minimum Gasteiger partial charge on any atom is -0.480 e. The van der Waals surface area contributed by atoms with Gasteiger partial charge in [-0.1, -0.05) is 23.2 Å². The number of aliphatic carboxylic acids is 1. The first-order valence-corrected chi connectivity index (χ1v) is 7.91. The van der Waals surface area contributed by atoms with Crippen LogP contribution in [0.5, 0.6) is 0 Å². The highest BCUT2D eigenvalue weighted by Crippen LogP contribution is 2.30. The lowest BCUT2D eigenvalue weighted by molar-refractivity contribution is -0.147. The number of carboxylic acid groups (broad SMARTS) is 1. The average Bonchev–Trinajstić information content (AvgIpc) is 2.82. The lowest BCUT2D eigenvalue weighted by atomic mass is 10.2. The van der Waals surface area contributed by atoms with Crippen molar-refractivity contribution in [1.29, 1.82) is 0 Å². The van der Waals surface area contributed by atoms with Gasteiger partial charge in [-0.2, -0.15) is 0 Å². The quantitative estimate of drug-likeness (QED) is 0.814. The Hall–Kier alpha value is -0.950. The standard InChI is InChI=1S/C13H13Cl2NO4S/c14-7-1-2-9(15)11(3-7)21-6-12(18)16-5-8(17)4-10(16)13(19)20/h1-3,8,10,17H,4-6H2,(H,19,20). The van der Waals surface area contributed by atoms with E-state index in [0.29, 0.717) is 14.9 Å². The van der Waals surface area contributed by atoms with Crippen LogP contribution < -0.4 is 0 Å². The van der Waals surface area contributed by atoms with Gasteiger partial charge >= 0.3 is 5.97 Å². The monoisotopic (exact) mass is 349 g/mol. The van der Waals surface area contributed by atoms with E-state index in [1.54, 1.807) is 18.2 Å². The van der Waals surface area contributed by atoms with E-state index in [0.717, 1.165) is 0 Å². The predicted molar refractivity (Wildman–Crippen MR) is 80.9 cm³/mol. The normalized spacial score (nSPS) is 21.6. The molecule has 1 aromatic carbocycles. The molecule has 1 heterocycles. The van der Waals surface area contributed by atoms with Crippen LogP contribution in [0.1, 0.15) is 6.42 Å². The van der Waals surface area contributed by atoms with E-state index in [4.69, 9.17) is 28.3 Å². The smallest absolute Gasteiger partial charge is 0.326 e. The lowest BCUT2D eigenvalue weighted by Gasteiger charge is -2.21. The number of benzene rings is 1. The molecule has 0 bridgehead atoms. The summed E-state index contributed by atoms with van der Waals surface area (Å²) < 4.78 is 0. The van der Waals surface area contributed by atoms with Crippen molar-refractivity contribution in [2.75, 3.05) is 12.3 Å². The van der Waals surface area contributed by atoms with Crippen LogP contribution in [0.25, 0.3) is 0 Å². The van der Waals surface area contributed by atoms with E-state index in [2.05, 4.69) is 0 Å². The summed E-state index contributed by atoms with van der Waals surface area (Å²) in [6, 6.07) is 3.96. The molecule has 2 unspecified atom stereocenters. The second-order valence-corrected chi connectivity index (χ2v) is 6.51. The molecule has 1 fully saturated rings. The Morgan fingerprint density at radius 1 is 1.38 bits per heavy atom. The highest BCUT2D eigenvalue weighted by molar-refractivity contribution is 8.00. The van der Waals surface area contributed by atoms with Crippen molar-refractivity contribution in [2.24, 2.45) is 0 Å². The number of hydrogen-bond acceptors (Lipinski definition) is 4. The average molecular weight is 350 g/mol. The topological polar surface area (TPSA) is 77.8 Å². The predicted octanol–water partition coefficient (Wildman–Crippen LogP) is 2.13. The van der Waals surface area contributed by atoms with Crippen molar-refractivity contribution in [3.05, 3.63) is 28.2 Å². The summed E-state index contributed by atoms with van der Waals surface area (Å²) in [6.45, 7) is 0.0413. The molecule has 1 saturated heterocycles. The van der Waals surface area contributed by atoms with Gasteiger partial charge in [-0.15, -0.1) is 11.8 Å². The number of β-amino-alcohol motifs (C(OH)–C–C–N with tert-alkyl or cyclic N) is 1. The summed E-state index contributed by atoms with van der Waals surface area (Å²) in [5, 5.41) is 19.6. The van der Waals surface area contributed by atoms with Crippen LogP contribution >= 0.6 is 35.0 Å². The molecule has 2 atom stereocenters. The van der Waals surface area contributed by atoms with E-state index in [1.165, 1.54) is 16.7 Å². The third kappa shape index (κ3) is 4.03. The summed E-state index contributed by atoms with van der Waals surface area (Å²) >= 11 is 13.1. The summed E-state index contributed by atoms with van der Waals surface area (Å²) in [7, 11) is 0. The molecule has 0 radical (unpaired) electrons. The van der Waals surface area contributed by atoms with Crippen molar-refractivity contribution in [3.63, 3.8) is 0 Å². The van der Waals surface area contributed by atoms with Crippen LogP contribution in [0.2, 0.25) is 10.0 Å². The number of rotatable bonds is 4. The van der Waals surface area contributed by atoms with Crippen LogP contribution in [0, 0.1) is 0 Å². The lowest BCUT2D eigenvalue weighted by Crippen LogP contribution is -2.41. The van der Waals surface area contributed by atoms with Crippen molar-refractivity contribution in [1.82, 2.24) is 4.90 Å². The molecule has 0 saturated carbocycles. The number of likely N-dealkylation sites (tertiary alicyclic amines) is 1. The van der Waals surface area contributed by atoms with E-state index in [-0.39, 0.29) is 24.6 Å². The maximum Gasteiger partial charge on any atom is 0.326 e. The molecule has 1 aliphatic rings. The number of carbonyl (C=O) groups excluding carboxylic acids is 1. The summed E-state index contributed by atoms with van der Waals surface area (Å²) in [4.78, 5) is 25.1. The molecule has 0 aromatic heterocycles. The van der Waals surface area contributed by atoms with Gasteiger partial charge in [0.1, 0.15) is 6.04 Å². The molecular weight excluding hydrogens is 337 g/mol. The minimum absolute atomic E-state index is 0.0383. The third-order valence-corrected chi connectivity index (χ3v) is 4.85. The van der Waals surface area contributed by atoms with E-state index in [1.807, 2.05) is 0 Å². The Morgan fingerprint density at radius 3 is 2.76 bits per heavy atom. The van der Waals surface area contributed by atoms with Gasteiger partial charge in [-0.25, -0.2) is 4.79 Å². The molecule has 5 nitrogen and oxygen atoms in total. The molecule has 1 aromatic rings. The number of halogens is 2. The van der Waals surface area contributed by atoms with E-state index >= 15 is 0 Å². The van der Waals surface area contributed by atoms with Crippen LogP contribution in [0.4, 0.5) is 0 Å². The number of aliphatic hydroxyl groups is 1. The number of amides is 1. The van der Waals surface area contributed by atoms with Gasteiger partial charge in [0.2, 0.25) is 5.91 Å². The fraction of sp³-hybridized carbons (Fsp3) is 0.385. The Bertz CT molecular complexity index is 569. The molecule has 8 heteroatoms. The fourth-order valence-corrected chi connectivity index (χ4v) is 3.51. The summed E-state index contributed by atoms with van der Waals surface area (Å²) in [6.07, 6.45) is -0.737. The maximum atomic E-state index is 12.1. The van der Waals surface area contributed by atoms with Gasteiger partial charge in [0.25, 0.3) is 0 Å². The van der Waals surface area contributed by atoms with Gasteiger partial charge in [-0.05, 0) is 18.2 Å². The molecular formula is C13H13Cl2NO4S. The first-order chi connectivity index (χ1) is 9.88. The largest absolute Gasteiger partial charge is 0.480 e. The van der Waals surface area contributed by atoms with E-state index in [9.17, 15) is 14.7 Å². The van der Waals surface area contributed by atoms with Crippen molar-refractivity contribution < 1.29 is 19.8 Å². The molecule has 114 valence electrons. The Balaban J connectivity index is 2.01. The van der Waals surface area contributed by atoms with Crippen LogP contribution in [0.3, 0.4) is 0 Å². The summed E-state index contributed by atoms with van der Waals surface area (Å²) in [5.74, 6) is -1.41. The summed E-state index contributed by atoms with van der Waals surface area (Å²) in [5.41, 5.74) is 0. The van der Waals surface area contributed by atoms with E-state index < -0.39 is 18.1 Å². The maximum absolute atomic E-state index is 12.1. The first-order valence-electron chi connectivity index (χ1n) is 6.16. The zero-order valence-electron chi connectivity index (χ0n) is 10.8. The Labute approximate surface area is 135 Å². The number of carbonyl (C=O) groups is 2. The van der Waals surface area contributed by atoms with Crippen molar-refractivity contribution >= 4 is 46.8 Å². The first kappa shape index (κ1) is 16.4. The molecule has 0 spiro atoms. The fourth-order valence-electron chi connectivity index (χ4n) is 2.13. The molecule has 1 amide bonds. The molecule has 2 N–H and O–H groups in total. The third-order valence-electron chi connectivity index (χ3n) is 3.13. The number of carboxylic acids is 1. The molecule has 1 aliphatic heterocycles. The van der Waals surface area contributed by atoms with Crippen molar-refractivity contribution in [2.45, 2.75) is 23.5 Å². The van der Waals surface area contributed by atoms with Crippen LogP contribution in [-0.4, -0.2) is 51.4 Å². The Kier molecular flexibility index (Phi) is 5.37. The van der Waals surface area contributed by atoms with Crippen molar-refractivity contribution in [3.8, 4) is 0 Å². The number of hydrogen-bond donors (Lipinski definition) is 2. The SMILES string of the molecule is O=C(O)C1CC(O)CN1C(=O)CSc1cc(Cl)ccc1Cl. The minimum atomic E-state index is -1.11. The number of thioether (sulfide) groups is 1. The number of aliphatic hydroxyl groups excluding tert-OH is 1. The molecule has 21 heavy (non-hydrogen) atoms. The zero-order chi connectivity index (χ0) is 15.6. The van der Waals surface area contributed by atoms with Gasteiger partial charge in [0, 0.05) is 22.9 Å².